The van der Waals surface area contributed by atoms with E-state index in [1.165, 1.54) is 12.1 Å². The van der Waals surface area contributed by atoms with Gasteiger partial charge in [0.2, 0.25) is 0 Å². The lowest BCUT2D eigenvalue weighted by Crippen LogP contribution is -2.33. The van der Waals surface area contributed by atoms with E-state index in [1.807, 2.05) is 0 Å². The smallest absolute Gasteiger partial charge is 0.319 e. The number of hydrogen-bond acceptors (Lipinski definition) is 4. The lowest BCUT2D eigenvalue weighted by Gasteiger charge is -2.12. The molecule has 3 N–H and O–H groups in total. The number of nitrogens with one attached hydrogen (secondary N) is 3. The predicted octanol–water partition coefficient (Wildman–Crippen LogP) is 5.60. The van der Waals surface area contributed by atoms with E-state index in [4.69, 9.17) is 11.6 Å². The maximum Gasteiger partial charge on any atom is 0.319 e. The lowest BCUT2D eigenvalue weighted by molar-refractivity contribution is 0.252. The van der Waals surface area contributed by atoms with Gasteiger partial charge in [-0.3, -0.25) is 0 Å². The molecule has 1 aromatic heterocycles. The van der Waals surface area contributed by atoms with E-state index in [2.05, 4.69) is 25.9 Å². The summed E-state index contributed by atoms with van der Waals surface area (Å²) in [5, 5.41) is 9.24. The zero-order chi connectivity index (χ0) is 23.4. The molecule has 33 heavy (non-hydrogen) atoms. The average Bonchev–Trinajstić information content (AvgIpc) is 2.78. The van der Waals surface area contributed by atoms with Gasteiger partial charge < -0.3 is 16.0 Å². The highest BCUT2D eigenvalue weighted by atomic mass is 35.5. The first-order chi connectivity index (χ1) is 15.9. The van der Waals surface area contributed by atoms with Crippen LogP contribution in [0.15, 0.2) is 60.7 Å². The molecule has 0 spiro atoms. The quantitative estimate of drug-likeness (QED) is 0.320. The molecule has 10 heteroatoms. The summed E-state index contributed by atoms with van der Waals surface area (Å²) in [6, 6.07) is 13.2. The van der Waals surface area contributed by atoms with Gasteiger partial charge >= 0.3 is 6.03 Å². The number of anilines is 2. The van der Waals surface area contributed by atoms with Gasteiger partial charge in [0.15, 0.2) is 5.82 Å². The normalized spacial score (nSPS) is 10.8. The summed E-state index contributed by atoms with van der Waals surface area (Å²) in [5.41, 5.74) is 1.08. The summed E-state index contributed by atoms with van der Waals surface area (Å²) >= 11 is 6.11. The molecule has 0 bridgehead atoms. The van der Waals surface area contributed by atoms with Gasteiger partial charge in [0.05, 0.1) is 11.2 Å². The molecule has 0 saturated carbocycles. The number of fused-ring (bicyclic) bond motifs is 1. The summed E-state index contributed by atoms with van der Waals surface area (Å²) in [7, 11) is 0. The maximum atomic E-state index is 13.7. The first-order valence-corrected chi connectivity index (χ1v) is 10.2. The number of carbonyl (C=O) groups excluding carboxylic acids is 1. The van der Waals surface area contributed by atoms with Crippen LogP contribution in [0.1, 0.15) is 0 Å². The van der Waals surface area contributed by atoms with E-state index in [-0.39, 0.29) is 24.6 Å². The number of rotatable bonds is 6. The second-order valence-corrected chi connectivity index (χ2v) is 7.43. The van der Waals surface area contributed by atoms with Gasteiger partial charge in [-0.15, -0.1) is 0 Å². The summed E-state index contributed by atoms with van der Waals surface area (Å²) in [4.78, 5) is 21.0. The first kappa shape index (κ1) is 22.3. The number of hydrogen-bond donors (Lipinski definition) is 3. The van der Waals surface area contributed by atoms with Crippen molar-refractivity contribution in [2.45, 2.75) is 0 Å². The number of nitrogens with zero attached hydrogens (tertiary/aromatic N) is 2. The van der Waals surface area contributed by atoms with Gasteiger partial charge in [-0.1, -0.05) is 11.6 Å². The van der Waals surface area contributed by atoms with Crippen molar-refractivity contribution >= 4 is 40.0 Å². The Labute approximate surface area is 191 Å². The van der Waals surface area contributed by atoms with Crippen LogP contribution in [0, 0.1) is 17.5 Å². The minimum Gasteiger partial charge on any atom is -0.368 e. The molecule has 6 nitrogen and oxygen atoms in total. The maximum absolute atomic E-state index is 13.7. The first-order valence-electron chi connectivity index (χ1n) is 9.86. The van der Waals surface area contributed by atoms with E-state index in [0.717, 1.165) is 12.1 Å². The molecule has 0 aliphatic carbocycles. The monoisotopic (exact) mass is 471 g/mol. The zero-order valence-electron chi connectivity index (χ0n) is 17.0. The van der Waals surface area contributed by atoms with Crippen LogP contribution in [-0.2, 0) is 0 Å². The van der Waals surface area contributed by atoms with Gasteiger partial charge in [0.25, 0.3) is 0 Å². The van der Waals surface area contributed by atoms with Gasteiger partial charge in [-0.05, 0) is 54.6 Å². The molecule has 0 unspecified atom stereocenters. The standard InChI is InChI=1S/C23H17ClF3N5O/c24-14-3-7-17-20(11-14)30-21(13-1-4-15(25)5-2-13)32-22(17)28-9-10-29-23(33)31-19-8-6-16(26)12-18(19)27/h1-8,11-12H,9-10H2,(H,28,30,32)(H2,29,31,33). The van der Waals surface area contributed by atoms with Crippen LogP contribution in [0.5, 0.6) is 0 Å². The predicted molar refractivity (Wildman–Crippen MR) is 122 cm³/mol. The van der Waals surface area contributed by atoms with Crippen molar-refractivity contribution in [2.24, 2.45) is 0 Å². The number of aromatic nitrogens is 2. The van der Waals surface area contributed by atoms with Crippen LogP contribution in [0.4, 0.5) is 29.5 Å². The third kappa shape index (κ3) is 5.50. The Morgan fingerprint density at radius 2 is 1.64 bits per heavy atom. The molecular formula is C23H17ClF3N5O. The van der Waals surface area contributed by atoms with E-state index >= 15 is 0 Å². The van der Waals surface area contributed by atoms with Crippen LogP contribution in [0.3, 0.4) is 0 Å². The average molecular weight is 472 g/mol. The van der Waals surface area contributed by atoms with E-state index < -0.39 is 17.7 Å². The molecule has 0 radical (unpaired) electrons. The number of carbonyl (C=O) groups is 1. The summed E-state index contributed by atoms with van der Waals surface area (Å²) in [5.74, 6) is -1.10. The molecule has 1 heterocycles. The van der Waals surface area contributed by atoms with Crippen LogP contribution in [0.25, 0.3) is 22.3 Å². The molecule has 0 aliphatic heterocycles. The summed E-state index contributed by atoms with van der Waals surface area (Å²) < 4.78 is 39.9. The largest absolute Gasteiger partial charge is 0.368 e. The van der Waals surface area contributed by atoms with Gasteiger partial charge in [-0.25, -0.2) is 27.9 Å². The summed E-state index contributed by atoms with van der Waals surface area (Å²) in [6.07, 6.45) is 0. The molecule has 2 amide bonds. The van der Waals surface area contributed by atoms with Crippen LogP contribution in [-0.4, -0.2) is 29.1 Å². The molecule has 0 atom stereocenters. The van der Waals surface area contributed by atoms with Gasteiger partial charge in [0.1, 0.15) is 23.3 Å². The van der Waals surface area contributed by atoms with Crippen molar-refractivity contribution in [3.63, 3.8) is 0 Å². The number of urea groups is 1. The zero-order valence-corrected chi connectivity index (χ0v) is 17.8. The van der Waals surface area contributed by atoms with Gasteiger partial charge in [0, 0.05) is 35.1 Å². The van der Waals surface area contributed by atoms with Gasteiger partial charge in [-0.2, -0.15) is 0 Å². The lowest BCUT2D eigenvalue weighted by atomic mass is 10.2. The molecule has 0 fully saturated rings. The third-order valence-corrected chi connectivity index (χ3v) is 4.88. The number of amides is 2. The molecule has 0 aliphatic rings. The van der Waals surface area contributed by atoms with Crippen LogP contribution >= 0.6 is 11.6 Å². The Hall–Kier alpha value is -3.85. The Morgan fingerprint density at radius 3 is 2.39 bits per heavy atom. The second-order valence-electron chi connectivity index (χ2n) is 7.00. The van der Waals surface area contributed by atoms with Crippen molar-refractivity contribution in [3.8, 4) is 11.4 Å². The van der Waals surface area contributed by atoms with Crippen LogP contribution < -0.4 is 16.0 Å². The topological polar surface area (TPSA) is 78.9 Å². The molecular weight excluding hydrogens is 455 g/mol. The van der Waals surface area contributed by atoms with E-state index in [9.17, 15) is 18.0 Å². The molecule has 168 valence electrons. The minimum absolute atomic E-state index is 0.135. The third-order valence-electron chi connectivity index (χ3n) is 4.64. The SMILES string of the molecule is O=C(NCCNc1nc(-c2ccc(F)cc2)nc2cc(Cl)ccc12)Nc1ccc(F)cc1F. The van der Waals surface area contributed by atoms with Crippen LogP contribution in [0.2, 0.25) is 5.02 Å². The van der Waals surface area contributed by atoms with Crippen molar-refractivity contribution in [1.29, 1.82) is 0 Å². The second kappa shape index (κ2) is 9.74. The fourth-order valence-electron chi connectivity index (χ4n) is 3.08. The van der Waals surface area contributed by atoms with Crippen molar-refractivity contribution in [3.05, 3.63) is 83.1 Å². The Kier molecular flexibility index (Phi) is 6.60. The number of halogens is 4. The fourth-order valence-corrected chi connectivity index (χ4v) is 3.25. The van der Waals surface area contributed by atoms with Crippen molar-refractivity contribution < 1.29 is 18.0 Å². The van der Waals surface area contributed by atoms with Crippen molar-refractivity contribution in [2.75, 3.05) is 23.7 Å². The Bertz CT molecular complexity index is 1320. The number of benzene rings is 3. The fraction of sp³-hybridized carbons (Fsp3) is 0.0870. The van der Waals surface area contributed by atoms with Crippen molar-refractivity contribution in [1.82, 2.24) is 15.3 Å². The van der Waals surface area contributed by atoms with E-state index in [0.29, 0.717) is 39.2 Å². The Morgan fingerprint density at radius 1 is 0.879 bits per heavy atom. The molecule has 4 aromatic rings. The minimum atomic E-state index is -0.872. The molecule has 0 saturated heterocycles. The summed E-state index contributed by atoms with van der Waals surface area (Å²) in [6.45, 7) is 0.469. The van der Waals surface area contributed by atoms with E-state index in [1.54, 1.807) is 30.3 Å². The highest BCUT2D eigenvalue weighted by Gasteiger charge is 2.11. The highest BCUT2D eigenvalue weighted by Crippen LogP contribution is 2.27. The molecule has 3 aromatic carbocycles. The molecule has 4 rings (SSSR count). The Balaban J connectivity index is 1.45. The highest BCUT2D eigenvalue weighted by molar-refractivity contribution is 6.31.